The van der Waals surface area contributed by atoms with Crippen molar-refractivity contribution in [2.24, 2.45) is 0 Å². The van der Waals surface area contributed by atoms with E-state index in [9.17, 15) is 0 Å². The van der Waals surface area contributed by atoms with Gasteiger partial charge < -0.3 is 9.16 Å². The number of halogens is 1. The van der Waals surface area contributed by atoms with Crippen LogP contribution in [-0.4, -0.2) is 19.7 Å². The van der Waals surface area contributed by atoms with Crippen molar-refractivity contribution in [3.63, 3.8) is 0 Å². The van der Waals surface area contributed by atoms with Gasteiger partial charge in [-0.3, -0.25) is 0 Å². The zero-order chi connectivity index (χ0) is 8.04. The Labute approximate surface area is 58.7 Å². The first-order valence-corrected chi connectivity index (χ1v) is 3.40. The minimum absolute atomic E-state index is 0.722. The van der Waals surface area contributed by atoms with E-state index in [2.05, 4.69) is 9.16 Å². The monoisotopic (exact) mass is 172 g/mol. The number of rotatable bonds is 0. The van der Waals surface area contributed by atoms with Gasteiger partial charge in [0.1, 0.15) is 0 Å². The molecule has 1 aliphatic heterocycles. The van der Waals surface area contributed by atoms with Crippen LogP contribution in [0.3, 0.4) is 0 Å². The van der Waals surface area contributed by atoms with Gasteiger partial charge in [0.25, 0.3) is 0 Å². The van der Waals surface area contributed by atoms with Crippen molar-refractivity contribution < 1.29 is 38.0 Å². The van der Waals surface area contributed by atoms with Crippen LogP contribution in [0.25, 0.3) is 0 Å². The SMILES string of the molecule is C1=[O+]CCO1.[O-][Cl+3]([O-])([O-])[O-]. The number of ether oxygens (including phenoxy) is 1. The van der Waals surface area contributed by atoms with Crippen molar-refractivity contribution in [3.05, 3.63) is 0 Å². The summed E-state index contributed by atoms with van der Waals surface area (Å²) in [4.78, 5) is 0. The van der Waals surface area contributed by atoms with Crippen LogP contribution < -0.4 is 18.6 Å². The molecule has 0 aliphatic carbocycles. The van der Waals surface area contributed by atoms with Gasteiger partial charge in [-0.2, -0.15) is 0 Å². The molecular formula is C3H5ClO6. The maximum absolute atomic E-state index is 8.49. The Bertz CT molecular complexity index is 94.1. The maximum Gasteiger partial charge on any atom is 0.473 e. The molecule has 0 saturated carbocycles. The zero-order valence-corrected chi connectivity index (χ0v) is 5.57. The van der Waals surface area contributed by atoms with Crippen molar-refractivity contribution in [1.29, 1.82) is 0 Å². The van der Waals surface area contributed by atoms with Gasteiger partial charge in [0.2, 0.25) is 13.2 Å². The molecule has 0 aromatic heterocycles. The van der Waals surface area contributed by atoms with Crippen molar-refractivity contribution in [3.8, 4) is 0 Å². The van der Waals surface area contributed by atoms with E-state index in [0.717, 1.165) is 13.2 Å². The molecule has 7 heteroatoms. The summed E-state index contributed by atoms with van der Waals surface area (Å²) in [6.07, 6.45) is 0. The molecule has 0 radical (unpaired) electrons. The summed E-state index contributed by atoms with van der Waals surface area (Å²) in [5, 5.41) is 0. The predicted octanol–water partition coefficient (Wildman–Crippen LogP) is -5.05. The summed E-state index contributed by atoms with van der Waals surface area (Å²) in [5.74, 6) is 0. The van der Waals surface area contributed by atoms with Crippen LogP contribution in [0.15, 0.2) is 0 Å². The molecule has 1 heterocycles. The number of hydrogen-bond acceptors (Lipinski definition) is 5. The molecule has 60 valence electrons. The second kappa shape index (κ2) is 4.42. The summed E-state index contributed by atoms with van der Waals surface area (Å²) < 4.78 is 43.2. The molecule has 10 heavy (non-hydrogen) atoms. The lowest BCUT2D eigenvalue weighted by molar-refractivity contribution is -2.00. The molecule has 0 N–H and O–H groups in total. The highest BCUT2D eigenvalue weighted by Gasteiger charge is 1.99. The van der Waals surface area contributed by atoms with Crippen LogP contribution >= 0.6 is 0 Å². The minimum atomic E-state index is -4.94. The highest BCUT2D eigenvalue weighted by molar-refractivity contribution is 5.38. The van der Waals surface area contributed by atoms with E-state index < -0.39 is 10.2 Å². The molecule has 0 fully saturated rings. The molecule has 0 spiro atoms. The Kier molecular flexibility index (Phi) is 4.24. The molecule has 0 bridgehead atoms. The Hall–Kier alpha value is -0.400. The Morgan fingerprint density at radius 3 is 1.90 bits per heavy atom. The van der Waals surface area contributed by atoms with E-state index >= 15 is 0 Å². The summed E-state index contributed by atoms with van der Waals surface area (Å²) in [7, 11) is -4.94. The van der Waals surface area contributed by atoms with E-state index in [4.69, 9.17) is 18.6 Å². The van der Waals surface area contributed by atoms with Gasteiger partial charge in [-0.1, -0.05) is 0 Å². The highest BCUT2D eigenvalue weighted by Crippen LogP contribution is 1.72. The van der Waals surface area contributed by atoms with Crippen LogP contribution in [0.1, 0.15) is 0 Å². The Balaban J connectivity index is 0.000000162. The van der Waals surface area contributed by atoms with Gasteiger partial charge in [0, 0.05) is 0 Å². The van der Waals surface area contributed by atoms with Crippen LogP contribution in [0.2, 0.25) is 0 Å². The van der Waals surface area contributed by atoms with Gasteiger partial charge in [-0.05, 0) is 0 Å². The van der Waals surface area contributed by atoms with E-state index in [1.54, 1.807) is 0 Å². The largest absolute Gasteiger partial charge is 0.473 e. The quantitative estimate of drug-likeness (QED) is 0.268. The van der Waals surface area contributed by atoms with Crippen molar-refractivity contribution in [2.45, 2.75) is 0 Å². The molecule has 0 unspecified atom stereocenters. The lowest BCUT2D eigenvalue weighted by atomic mass is 10.8. The van der Waals surface area contributed by atoms with Crippen molar-refractivity contribution in [1.82, 2.24) is 0 Å². The first-order chi connectivity index (χ1) is 4.50. The lowest BCUT2D eigenvalue weighted by Crippen LogP contribution is -2.68. The second-order valence-electron chi connectivity index (χ2n) is 1.22. The molecule has 0 atom stereocenters. The van der Waals surface area contributed by atoms with Crippen LogP contribution in [0.5, 0.6) is 0 Å². The molecule has 0 aromatic rings. The van der Waals surface area contributed by atoms with Gasteiger partial charge in [0.05, 0.1) is 0 Å². The second-order valence-corrected chi connectivity index (χ2v) is 1.97. The van der Waals surface area contributed by atoms with Crippen LogP contribution in [-0.2, 0) is 9.16 Å². The van der Waals surface area contributed by atoms with Crippen LogP contribution in [0, 0.1) is 10.2 Å². The third kappa shape index (κ3) is 15.6. The van der Waals surface area contributed by atoms with Crippen molar-refractivity contribution in [2.75, 3.05) is 13.2 Å². The molecule has 6 nitrogen and oxygen atoms in total. The average Bonchev–Trinajstić information content (AvgIpc) is 2.07. The summed E-state index contributed by atoms with van der Waals surface area (Å²) in [6.45, 7) is 2.81. The first-order valence-electron chi connectivity index (χ1n) is 2.17. The number of carbonyl (C=O) groups excluding carboxylic acids is 1. The predicted molar refractivity (Wildman–Crippen MR) is 16.9 cm³/mol. The molecular weight excluding hydrogens is 167 g/mol. The molecule has 0 saturated heterocycles. The van der Waals surface area contributed by atoms with Crippen molar-refractivity contribution >= 4 is 6.47 Å². The molecule has 1 aliphatic rings. The molecule has 0 amide bonds. The van der Waals surface area contributed by atoms with E-state index in [1.807, 2.05) is 0 Å². The minimum Gasteiger partial charge on any atom is -0.317 e. The lowest BCUT2D eigenvalue weighted by Gasteiger charge is -2.17. The fraction of sp³-hybridized carbons (Fsp3) is 0.667. The topological polar surface area (TPSA) is 113 Å². The third-order valence-corrected chi connectivity index (χ3v) is 0.455. The number of hydrogen-bond donors (Lipinski definition) is 0. The van der Waals surface area contributed by atoms with Gasteiger partial charge in [-0.15, -0.1) is 10.2 Å². The zero-order valence-electron chi connectivity index (χ0n) is 4.82. The fourth-order valence-corrected chi connectivity index (χ4v) is 0.241. The van der Waals surface area contributed by atoms with Gasteiger partial charge in [0.15, 0.2) is 0 Å². The summed E-state index contributed by atoms with van der Waals surface area (Å²) >= 11 is 0. The van der Waals surface area contributed by atoms with E-state index in [1.165, 1.54) is 6.47 Å². The van der Waals surface area contributed by atoms with E-state index in [-0.39, 0.29) is 0 Å². The molecule has 1 rings (SSSR count). The van der Waals surface area contributed by atoms with Gasteiger partial charge >= 0.3 is 6.47 Å². The average molecular weight is 173 g/mol. The normalized spacial score (nSPS) is 15.6. The Morgan fingerprint density at radius 2 is 1.80 bits per heavy atom. The number of cyclic esters (lactones) is 1. The van der Waals surface area contributed by atoms with Gasteiger partial charge in [-0.25, -0.2) is 18.6 Å². The third-order valence-electron chi connectivity index (χ3n) is 0.455. The standard InChI is InChI=1S/C3H5O2.ClHO4/c1-2-5-3-4-1;2-1(3,4)5/h3H,1-2H2;(H,2,3,4,5)/q+1;/p-1. The Morgan fingerprint density at radius 1 is 1.30 bits per heavy atom. The highest BCUT2D eigenvalue weighted by atomic mass is 35.7. The molecule has 0 aromatic carbocycles. The first kappa shape index (κ1) is 9.60. The smallest absolute Gasteiger partial charge is 0.317 e. The van der Waals surface area contributed by atoms with E-state index in [0.29, 0.717) is 0 Å². The summed E-state index contributed by atoms with van der Waals surface area (Å²) in [6, 6.07) is 0. The summed E-state index contributed by atoms with van der Waals surface area (Å²) in [5.41, 5.74) is 0. The fourth-order valence-electron chi connectivity index (χ4n) is 0.241. The maximum atomic E-state index is 8.49. The van der Waals surface area contributed by atoms with Crippen LogP contribution in [0.4, 0.5) is 0 Å².